The number of nitrogens with zero attached hydrogens (tertiary/aromatic N) is 4. The van der Waals surface area contributed by atoms with Crippen LogP contribution in [0, 0.1) is 0 Å². The van der Waals surface area contributed by atoms with Gasteiger partial charge in [0.05, 0.1) is 0 Å². The van der Waals surface area contributed by atoms with Crippen LogP contribution in [0.1, 0.15) is 40.5 Å². The highest BCUT2D eigenvalue weighted by atomic mass is 127. The first-order chi connectivity index (χ1) is 11.0. The standard InChI is InChI=1S/C17H34N6.HI/c1-15(2)23(16(3)4)14-7-10-20-17(18-5)19-9-6-12-22-13-8-11-21-22;/h8,11,13,15-16H,6-7,9-10,12,14H2,1-5H3,(H2,18,19,20);1H. The Balaban J connectivity index is 0.00000529. The monoisotopic (exact) mass is 450 g/mol. The summed E-state index contributed by atoms with van der Waals surface area (Å²) in [5.41, 5.74) is 0. The fourth-order valence-corrected chi connectivity index (χ4v) is 2.68. The Kier molecular flexibility index (Phi) is 13.0. The maximum atomic E-state index is 4.27. The second-order valence-electron chi connectivity index (χ2n) is 6.33. The first-order valence-electron chi connectivity index (χ1n) is 8.72. The van der Waals surface area contributed by atoms with Gasteiger partial charge in [-0.3, -0.25) is 14.6 Å². The van der Waals surface area contributed by atoms with Gasteiger partial charge < -0.3 is 10.6 Å². The number of rotatable bonds is 10. The molecular formula is C17H35IN6. The molecule has 0 atom stereocenters. The van der Waals surface area contributed by atoms with E-state index >= 15 is 0 Å². The van der Waals surface area contributed by atoms with Gasteiger partial charge in [-0.2, -0.15) is 5.10 Å². The van der Waals surface area contributed by atoms with Crippen molar-refractivity contribution in [2.24, 2.45) is 4.99 Å². The molecule has 0 bridgehead atoms. The van der Waals surface area contributed by atoms with Gasteiger partial charge in [-0.25, -0.2) is 0 Å². The molecule has 140 valence electrons. The Bertz CT molecular complexity index is 422. The summed E-state index contributed by atoms with van der Waals surface area (Å²) in [6.07, 6.45) is 5.94. The summed E-state index contributed by atoms with van der Waals surface area (Å²) in [5, 5.41) is 10.9. The molecule has 0 aliphatic rings. The molecule has 24 heavy (non-hydrogen) atoms. The highest BCUT2D eigenvalue weighted by Gasteiger charge is 2.12. The molecule has 0 spiro atoms. The summed E-state index contributed by atoms with van der Waals surface area (Å²) in [6.45, 7) is 12.9. The third-order valence-electron chi connectivity index (χ3n) is 3.85. The summed E-state index contributed by atoms with van der Waals surface area (Å²) in [4.78, 5) is 6.78. The van der Waals surface area contributed by atoms with Gasteiger partial charge >= 0.3 is 0 Å². The summed E-state index contributed by atoms with van der Waals surface area (Å²) in [6, 6.07) is 3.13. The van der Waals surface area contributed by atoms with Gasteiger partial charge in [0.25, 0.3) is 0 Å². The lowest BCUT2D eigenvalue weighted by Gasteiger charge is -2.30. The highest BCUT2D eigenvalue weighted by molar-refractivity contribution is 14.0. The van der Waals surface area contributed by atoms with Crippen molar-refractivity contribution in [1.82, 2.24) is 25.3 Å². The number of aryl methyl sites for hydroxylation is 1. The molecule has 0 fully saturated rings. The molecule has 7 heteroatoms. The first kappa shape index (κ1) is 23.2. The average Bonchev–Trinajstić information content (AvgIpc) is 3.01. The zero-order valence-corrected chi connectivity index (χ0v) is 18.2. The van der Waals surface area contributed by atoms with Crippen LogP contribution >= 0.6 is 24.0 Å². The van der Waals surface area contributed by atoms with E-state index in [4.69, 9.17) is 0 Å². The molecule has 0 saturated carbocycles. The van der Waals surface area contributed by atoms with Crippen LogP contribution in [-0.4, -0.2) is 59.4 Å². The van der Waals surface area contributed by atoms with E-state index < -0.39 is 0 Å². The van der Waals surface area contributed by atoms with Crippen LogP contribution in [0.2, 0.25) is 0 Å². The normalized spacial score (nSPS) is 11.9. The van der Waals surface area contributed by atoms with Crippen LogP contribution in [0.4, 0.5) is 0 Å². The number of halogens is 1. The third kappa shape index (κ3) is 9.46. The van der Waals surface area contributed by atoms with Crippen LogP contribution in [0.15, 0.2) is 23.5 Å². The topological polar surface area (TPSA) is 57.5 Å². The van der Waals surface area contributed by atoms with Crippen molar-refractivity contribution in [2.75, 3.05) is 26.7 Å². The van der Waals surface area contributed by atoms with E-state index in [0.29, 0.717) is 12.1 Å². The molecule has 0 aliphatic carbocycles. The van der Waals surface area contributed by atoms with Gasteiger partial charge in [0.15, 0.2) is 5.96 Å². The van der Waals surface area contributed by atoms with Gasteiger partial charge in [-0.15, -0.1) is 24.0 Å². The third-order valence-corrected chi connectivity index (χ3v) is 3.85. The predicted octanol–water partition coefficient (Wildman–Crippen LogP) is 2.57. The molecule has 0 amide bonds. The number of nitrogens with one attached hydrogen (secondary N) is 2. The van der Waals surface area contributed by atoms with Crippen LogP contribution in [0.3, 0.4) is 0 Å². The average molecular weight is 450 g/mol. The fraction of sp³-hybridized carbons (Fsp3) is 0.765. The van der Waals surface area contributed by atoms with Crippen LogP contribution in [0.25, 0.3) is 0 Å². The van der Waals surface area contributed by atoms with Crippen molar-refractivity contribution >= 4 is 29.9 Å². The van der Waals surface area contributed by atoms with Crippen LogP contribution < -0.4 is 10.6 Å². The number of hydrogen-bond acceptors (Lipinski definition) is 3. The van der Waals surface area contributed by atoms with Gasteiger partial charge in [-0.05, 0) is 46.6 Å². The minimum Gasteiger partial charge on any atom is -0.356 e. The molecule has 0 unspecified atom stereocenters. The second kappa shape index (κ2) is 13.5. The maximum Gasteiger partial charge on any atom is 0.190 e. The second-order valence-corrected chi connectivity index (χ2v) is 6.33. The zero-order chi connectivity index (χ0) is 17.1. The first-order valence-corrected chi connectivity index (χ1v) is 8.72. The molecule has 0 radical (unpaired) electrons. The minimum absolute atomic E-state index is 0. The van der Waals surface area contributed by atoms with Gasteiger partial charge in [0.1, 0.15) is 0 Å². The van der Waals surface area contributed by atoms with Gasteiger partial charge in [-0.1, -0.05) is 0 Å². The maximum absolute atomic E-state index is 4.27. The van der Waals surface area contributed by atoms with Crippen LogP contribution in [0.5, 0.6) is 0 Å². The van der Waals surface area contributed by atoms with Crippen molar-refractivity contribution in [2.45, 2.75) is 59.2 Å². The van der Waals surface area contributed by atoms with Crippen molar-refractivity contribution < 1.29 is 0 Å². The Labute approximate surface area is 164 Å². The molecule has 1 aromatic heterocycles. The zero-order valence-electron chi connectivity index (χ0n) is 15.8. The molecule has 1 rings (SSSR count). The number of guanidine groups is 1. The smallest absolute Gasteiger partial charge is 0.190 e. The van der Waals surface area contributed by atoms with Crippen LogP contribution in [-0.2, 0) is 6.54 Å². The Hall–Kier alpha value is -0.830. The summed E-state index contributed by atoms with van der Waals surface area (Å²) in [5.74, 6) is 0.881. The minimum atomic E-state index is 0. The molecule has 0 aliphatic heterocycles. The lowest BCUT2D eigenvalue weighted by molar-refractivity contribution is 0.173. The van der Waals surface area contributed by atoms with Crippen molar-refractivity contribution in [3.63, 3.8) is 0 Å². The van der Waals surface area contributed by atoms with Crippen molar-refractivity contribution in [1.29, 1.82) is 0 Å². The fourth-order valence-electron chi connectivity index (χ4n) is 2.68. The number of hydrogen-bond donors (Lipinski definition) is 2. The summed E-state index contributed by atoms with van der Waals surface area (Å²) >= 11 is 0. The van der Waals surface area contributed by atoms with E-state index in [9.17, 15) is 0 Å². The van der Waals surface area contributed by atoms with Gasteiger partial charge in [0.2, 0.25) is 0 Å². The molecule has 6 nitrogen and oxygen atoms in total. The summed E-state index contributed by atoms with van der Waals surface area (Å²) in [7, 11) is 1.82. The van der Waals surface area contributed by atoms with Crippen molar-refractivity contribution in [3.8, 4) is 0 Å². The van der Waals surface area contributed by atoms with E-state index in [2.05, 4.69) is 53.3 Å². The number of aliphatic imine (C=N–C) groups is 1. The van der Waals surface area contributed by atoms with E-state index in [1.54, 1.807) is 0 Å². The molecule has 1 aromatic rings. The van der Waals surface area contributed by atoms with E-state index in [1.165, 1.54) is 0 Å². The molecule has 2 N–H and O–H groups in total. The van der Waals surface area contributed by atoms with Crippen molar-refractivity contribution in [3.05, 3.63) is 18.5 Å². The van der Waals surface area contributed by atoms with E-state index in [0.717, 1.165) is 45.0 Å². The Morgan fingerprint density at radius 3 is 2.25 bits per heavy atom. The predicted molar refractivity (Wildman–Crippen MR) is 113 cm³/mol. The molecular weight excluding hydrogens is 415 g/mol. The SMILES string of the molecule is CN=C(NCCCN(C(C)C)C(C)C)NCCCn1cccn1.I. The lowest BCUT2D eigenvalue weighted by atomic mass is 10.2. The Morgan fingerprint density at radius 2 is 1.75 bits per heavy atom. The molecule has 0 aromatic carbocycles. The largest absolute Gasteiger partial charge is 0.356 e. The van der Waals surface area contributed by atoms with E-state index in [1.807, 2.05) is 30.2 Å². The Morgan fingerprint density at radius 1 is 1.12 bits per heavy atom. The molecule has 0 saturated heterocycles. The summed E-state index contributed by atoms with van der Waals surface area (Å²) < 4.78 is 1.95. The van der Waals surface area contributed by atoms with Gasteiger partial charge in [0, 0.05) is 57.7 Å². The highest BCUT2D eigenvalue weighted by Crippen LogP contribution is 2.05. The quantitative estimate of drug-likeness (QED) is 0.249. The molecule has 1 heterocycles. The number of aromatic nitrogens is 2. The lowest BCUT2D eigenvalue weighted by Crippen LogP contribution is -2.41. The van der Waals surface area contributed by atoms with E-state index in [-0.39, 0.29) is 24.0 Å².